The van der Waals surface area contributed by atoms with Gasteiger partial charge in [-0.1, -0.05) is 0 Å². The van der Waals surface area contributed by atoms with Crippen molar-refractivity contribution in [1.29, 1.82) is 0 Å². The summed E-state index contributed by atoms with van der Waals surface area (Å²) in [6.07, 6.45) is -4.43. The summed E-state index contributed by atoms with van der Waals surface area (Å²) < 4.78 is 40.4. The zero-order valence-corrected chi connectivity index (χ0v) is 11.2. The minimum Gasteiger partial charge on any atom is -0.315 e. The second-order valence-electron chi connectivity index (χ2n) is 5.22. The fourth-order valence-electron chi connectivity index (χ4n) is 2.86. The maximum absolute atomic E-state index is 13.5. The molecule has 1 aromatic rings. The number of nitrogens with one attached hydrogen (secondary N) is 1. The Labute approximate surface area is 114 Å². The van der Waals surface area contributed by atoms with Crippen molar-refractivity contribution in [2.24, 2.45) is 0 Å². The summed E-state index contributed by atoms with van der Waals surface area (Å²) in [5, 5.41) is 13.7. The lowest BCUT2D eigenvalue weighted by atomic mass is 9.77. The number of nitro benzene ring substituents is 1. The number of hydrogen-bond donors (Lipinski definition) is 1. The highest BCUT2D eigenvalue weighted by Gasteiger charge is 2.57. The monoisotopic (exact) mass is 288 g/mol. The topological polar surface area (TPSA) is 55.2 Å². The molecule has 1 aliphatic rings. The van der Waals surface area contributed by atoms with Gasteiger partial charge in [-0.2, -0.15) is 13.2 Å². The van der Waals surface area contributed by atoms with Crippen LogP contribution in [0.4, 0.5) is 18.9 Å². The van der Waals surface area contributed by atoms with Gasteiger partial charge in [-0.25, -0.2) is 0 Å². The molecule has 0 bridgehead atoms. The Morgan fingerprint density at radius 2 is 1.85 bits per heavy atom. The van der Waals surface area contributed by atoms with Crippen LogP contribution in [-0.2, 0) is 5.41 Å². The first-order chi connectivity index (χ1) is 9.19. The molecule has 1 atom stereocenters. The molecule has 4 nitrogen and oxygen atoms in total. The summed E-state index contributed by atoms with van der Waals surface area (Å²) in [6, 6.07) is 2.59. The molecule has 0 spiro atoms. The van der Waals surface area contributed by atoms with E-state index in [-0.39, 0.29) is 41.9 Å². The van der Waals surface area contributed by atoms with Gasteiger partial charge in [0.1, 0.15) is 5.41 Å². The van der Waals surface area contributed by atoms with Crippen LogP contribution in [0.5, 0.6) is 0 Å². The standard InChI is InChI=1S/C13H15F3N2O2/c1-8-5-10(6-9(2)11(8)18(19)20)12(13(14,15)16)3-4-17-7-12/h5-6,17H,3-4,7H2,1-2H3/t12-/m1/s1. The van der Waals surface area contributed by atoms with Crippen LogP contribution in [0.25, 0.3) is 0 Å². The van der Waals surface area contributed by atoms with Crippen LogP contribution in [0.1, 0.15) is 23.1 Å². The molecular weight excluding hydrogens is 273 g/mol. The molecule has 110 valence electrons. The number of aryl methyl sites for hydroxylation is 2. The third kappa shape index (κ3) is 2.15. The van der Waals surface area contributed by atoms with Crippen LogP contribution in [-0.4, -0.2) is 24.2 Å². The van der Waals surface area contributed by atoms with Gasteiger partial charge in [-0.3, -0.25) is 10.1 Å². The van der Waals surface area contributed by atoms with Gasteiger partial charge >= 0.3 is 6.18 Å². The maximum atomic E-state index is 13.5. The van der Waals surface area contributed by atoms with Crippen molar-refractivity contribution in [1.82, 2.24) is 5.32 Å². The first-order valence-corrected chi connectivity index (χ1v) is 6.22. The van der Waals surface area contributed by atoms with E-state index in [9.17, 15) is 23.3 Å². The third-order valence-corrected chi connectivity index (χ3v) is 3.92. The van der Waals surface area contributed by atoms with E-state index in [2.05, 4.69) is 5.32 Å². The van der Waals surface area contributed by atoms with E-state index in [0.717, 1.165) is 0 Å². The Hall–Kier alpha value is -1.63. The number of hydrogen-bond acceptors (Lipinski definition) is 3. The molecule has 1 N–H and O–H groups in total. The van der Waals surface area contributed by atoms with Crippen molar-refractivity contribution in [3.63, 3.8) is 0 Å². The summed E-state index contributed by atoms with van der Waals surface area (Å²) in [6.45, 7) is 3.05. The van der Waals surface area contributed by atoms with Crippen molar-refractivity contribution in [3.8, 4) is 0 Å². The van der Waals surface area contributed by atoms with E-state index in [4.69, 9.17) is 0 Å². The lowest BCUT2D eigenvalue weighted by Crippen LogP contribution is -2.44. The first-order valence-electron chi connectivity index (χ1n) is 6.22. The predicted octanol–water partition coefficient (Wildman–Crippen LogP) is 3.01. The smallest absolute Gasteiger partial charge is 0.315 e. The van der Waals surface area contributed by atoms with E-state index in [0.29, 0.717) is 0 Å². The highest BCUT2D eigenvalue weighted by molar-refractivity contribution is 5.51. The van der Waals surface area contributed by atoms with Crippen LogP contribution in [0, 0.1) is 24.0 Å². The second-order valence-corrected chi connectivity index (χ2v) is 5.22. The molecular formula is C13H15F3N2O2. The van der Waals surface area contributed by atoms with E-state index < -0.39 is 16.5 Å². The average molecular weight is 288 g/mol. The molecule has 1 fully saturated rings. The normalized spacial score (nSPS) is 23.1. The highest BCUT2D eigenvalue weighted by atomic mass is 19.4. The molecule has 0 aromatic heterocycles. The van der Waals surface area contributed by atoms with E-state index in [1.807, 2.05) is 0 Å². The molecule has 20 heavy (non-hydrogen) atoms. The van der Waals surface area contributed by atoms with Gasteiger partial charge < -0.3 is 5.32 Å². The summed E-state index contributed by atoms with van der Waals surface area (Å²) in [7, 11) is 0. The number of benzene rings is 1. The molecule has 7 heteroatoms. The van der Waals surface area contributed by atoms with Crippen molar-refractivity contribution < 1.29 is 18.1 Å². The molecule has 0 radical (unpaired) electrons. The predicted molar refractivity (Wildman–Crippen MR) is 67.8 cm³/mol. The van der Waals surface area contributed by atoms with Gasteiger partial charge in [0.15, 0.2) is 0 Å². The van der Waals surface area contributed by atoms with Gasteiger partial charge in [0.2, 0.25) is 0 Å². The van der Waals surface area contributed by atoms with Crippen molar-refractivity contribution in [3.05, 3.63) is 38.9 Å². The van der Waals surface area contributed by atoms with E-state index in [1.165, 1.54) is 26.0 Å². The van der Waals surface area contributed by atoms with Crippen molar-refractivity contribution >= 4 is 5.69 Å². The minimum absolute atomic E-state index is 0.0484. The van der Waals surface area contributed by atoms with Crippen LogP contribution in [0.3, 0.4) is 0 Å². The lowest BCUT2D eigenvalue weighted by Gasteiger charge is -2.32. The second kappa shape index (κ2) is 4.73. The molecule has 1 aromatic carbocycles. The Kier molecular flexibility index (Phi) is 3.49. The van der Waals surface area contributed by atoms with Crippen molar-refractivity contribution in [2.45, 2.75) is 31.9 Å². The van der Waals surface area contributed by atoms with Gasteiger partial charge in [-0.15, -0.1) is 0 Å². The largest absolute Gasteiger partial charge is 0.399 e. The summed E-state index contributed by atoms with van der Waals surface area (Å²) in [5.74, 6) is 0. The van der Waals surface area contributed by atoms with Crippen LogP contribution in [0.2, 0.25) is 0 Å². The fourth-order valence-corrected chi connectivity index (χ4v) is 2.86. The quantitative estimate of drug-likeness (QED) is 0.672. The third-order valence-electron chi connectivity index (χ3n) is 3.92. The lowest BCUT2D eigenvalue weighted by molar-refractivity contribution is -0.386. The van der Waals surface area contributed by atoms with Gasteiger partial charge in [0.25, 0.3) is 5.69 Å². The van der Waals surface area contributed by atoms with Gasteiger partial charge in [0, 0.05) is 17.7 Å². The summed E-state index contributed by atoms with van der Waals surface area (Å²) in [5.41, 5.74) is -1.42. The molecule has 1 aliphatic heterocycles. The molecule has 0 aliphatic carbocycles. The molecule has 0 saturated carbocycles. The van der Waals surface area contributed by atoms with Gasteiger partial charge in [0.05, 0.1) is 4.92 Å². The first kappa shape index (κ1) is 14.8. The molecule has 0 unspecified atom stereocenters. The molecule has 2 rings (SSSR count). The number of halogens is 3. The van der Waals surface area contributed by atoms with Crippen LogP contribution < -0.4 is 5.32 Å². The summed E-state index contributed by atoms with van der Waals surface area (Å²) >= 11 is 0. The number of rotatable bonds is 2. The number of nitro groups is 1. The highest BCUT2D eigenvalue weighted by Crippen LogP contribution is 2.46. The zero-order valence-electron chi connectivity index (χ0n) is 11.2. The fraction of sp³-hybridized carbons (Fsp3) is 0.538. The van der Waals surface area contributed by atoms with Gasteiger partial charge in [-0.05, 0) is 44.5 Å². The SMILES string of the molecule is Cc1cc([C@@]2(C(F)(F)F)CCNC2)cc(C)c1[N+](=O)[O-]. The maximum Gasteiger partial charge on any atom is 0.399 e. The Morgan fingerprint density at radius 3 is 2.20 bits per heavy atom. The Bertz CT molecular complexity index is 526. The van der Waals surface area contributed by atoms with Crippen LogP contribution in [0.15, 0.2) is 12.1 Å². The zero-order chi connectivity index (χ0) is 15.1. The Balaban J connectivity index is 2.60. The number of alkyl halides is 3. The minimum atomic E-state index is -4.38. The van der Waals surface area contributed by atoms with E-state index >= 15 is 0 Å². The molecule has 1 heterocycles. The summed E-state index contributed by atoms with van der Waals surface area (Å²) in [4.78, 5) is 10.4. The Morgan fingerprint density at radius 1 is 1.30 bits per heavy atom. The van der Waals surface area contributed by atoms with Crippen LogP contribution >= 0.6 is 0 Å². The molecule has 1 saturated heterocycles. The van der Waals surface area contributed by atoms with Crippen molar-refractivity contribution in [2.75, 3.05) is 13.1 Å². The molecule has 0 amide bonds. The van der Waals surface area contributed by atoms with E-state index in [1.54, 1.807) is 0 Å². The number of nitrogens with zero attached hydrogens (tertiary/aromatic N) is 1. The average Bonchev–Trinajstić information content (AvgIpc) is 2.76.